The topological polar surface area (TPSA) is 38.7 Å². The molecule has 1 atom stereocenters. The summed E-state index contributed by atoms with van der Waals surface area (Å²) in [7, 11) is 1.64. The monoisotopic (exact) mass is 282 g/mol. The molecule has 1 aromatic rings. The third-order valence-corrected chi connectivity index (χ3v) is 4.47. The van der Waals surface area contributed by atoms with Gasteiger partial charge in [0.1, 0.15) is 6.10 Å². The van der Waals surface area contributed by atoms with E-state index in [1.54, 1.807) is 21.0 Å². The van der Waals surface area contributed by atoms with Crippen LogP contribution in [0.2, 0.25) is 0 Å². The van der Waals surface area contributed by atoms with Crippen molar-refractivity contribution in [1.82, 2.24) is 0 Å². The Hall–Kier alpha value is -0.870. The molecule has 0 saturated carbocycles. The summed E-state index contributed by atoms with van der Waals surface area (Å²) in [6.45, 7) is 3.55. The molecule has 0 aliphatic carbocycles. The Balaban J connectivity index is 2.20. The lowest BCUT2D eigenvalue weighted by molar-refractivity contribution is 0.0779. The van der Waals surface area contributed by atoms with Crippen LogP contribution >= 0.6 is 11.8 Å². The molecule has 1 aliphatic heterocycles. The standard InChI is InChI=1S/C15H22O3S/c1-15(2,16)11-6-7-13(17-3)14(9-11)18-12-5-4-8-19-10-12/h6-7,9,12,16H,4-5,8,10H2,1-3H3. The molecule has 0 bridgehead atoms. The SMILES string of the molecule is COc1ccc(C(C)(C)O)cc1OC1CCCSC1. The van der Waals surface area contributed by atoms with E-state index in [1.807, 2.05) is 30.0 Å². The number of methoxy groups -OCH3 is 1. The Bertz CT molecular complexity index is 420. The van der Waals surface area contributed by atoms with Crippen LogP contribution in [0.4, 0.5) is 0 Å². The second-order valence-corrected chi connectivity index (χ2v) is 6.53. The molecule has 1 aliphatic rings. The number of benzene rings is 1. The molecule has 1 N–H and O–H groups in total. The molecule has 19 heavy (non-hydrogen) atoms. The summed E-state index contributed by atoms with van der Waals surface area (Å²) in [5, 5.41) is 10.1. The normalized spacial score (nSPS) is 20.1. The van der Waals surface area contributed by atoms with Crippen molar-refractivity contribution >= 4 is 11.8 Å². The lowest BCUT2D eigenvalue weighted by Crippen LogP contribution is -2.24. The fourth-order valence-corrected chi connectivity index (χ4v) is 3.17. The van der Waals surface area contributed by atoms with Gasteiger partial charge in [0, 0.05) is 5.75 Å². The predicted octanol–water partition coefficient (Wildman–Crippen LogP) is 3.20. The van der Waals surface area contributed by atoms with E-state index in [1.165, 1.54) is 12.2 Å². The Labute approximate surface area is 119 Å². The lowest BCUT2D eigenvalue weighted by atomic mass is 9.98. The summed E-state index contributed by atoms with van der Waals surface area (Å²) < 4.78 is 11.4. The van der Waals surface area contributed by atoms with Crippen molar-refractivity contribution in [1.29, 1.82) is 0 Å². The summed E-state index contributed by atoms with van der Waals surface area (Å²) in [4.78, 5) is 0. The minimum Gasteiger partial charge on any atom is -0.493 e. The highest BCUT2D eigenvalue weighted by molar-refractivity contribution is 7.99. The molecular weight excluding hydrogens is 260 g/mol. The molecular formula is C15H22O3S. The zero-order chi connectivity index (χ0) is 13.9. The van der Waals surface area contributed by atoms with Gasteiger partial charge in [-0.15, -0.1) is 0 Å². The van der Waals surface area contributed by atoms with E-state index in [0.717, 1.165) is 29.2 Å². The van der Waals surface area contributed by atoms with Gasteiger partial charge < -0.3 is 14.6 Å². The third kappa shape index (κ3) is 3.80. The van der Waals surface area contributed by atoms with Gasteiger partial charge in [0.05, 0.1) is 12.7 Å². The Morgan fingerprint density at radius 1 is 1.32 bits per heavy atom. The van der Waals surface area contributed by atoms with E-state index in [-0.39, 0.29) is 6.10 Å². The lowest BCUT2D eigenvalue weighted by Gasteiger charge is -2.25. The number of hydrogen-bond donors (Lipinski definition) is 1. The van der Waals surface area contributed by atoms with Gasteiger partial charge in [-0.3, -0.25) is 0 Å². The van der Waals surface area contributed by atoms with Gasteiger partial charge in [-0.1, -0.05) is 6.07 Å². The van der Waals surface area contributed by atoms with Crippen LogP contribution in [0.3, 0.4) is 0 Å². The fourth-order valence-electron chi connectivity index (χ4n) is 2.13. The largest absolute Gasteiger partial charge is 0.493 e. The number of aliphatic hydroxyl groups is 1. The first-order valence-corrected chi connectivity index (χ1v) is 7.81. The zero-order valence-electron chi connectivity index (χ0n) is 11.8. The van der Waals surface area contributed by atoms with Gasteiger partial charge in [0.15, 0.2) is 11.5 Å². The van der Waals surface area contributed by atoms with Crippen molar-refractivity contribution in [2.75, 3.05) is 18.6 Å². The zero-order valence-corrected chi connectivity index (χ0v) is 12.6. The van der Waals surface area contributed by atoms with Crippen LogP contribution in [0.5, 0.6) is 11.5 Å². The van der Waals surface area contributed by atoms with E-state index >= 15 is 0 Å². The van der Waals surface area contributed by atoms with Crippen LogP contribution in [-0.4, -0.2) is 29.8 Å². The Kier molecular flexibility index (Phi) is 4.63. The summed E-state index contributed by atoms with van der Waals surface area (Å²) in [6, 6.07) is 5.62. The molecule has 1 aromatic carbocycles. The summed E-state index contributed by atoms with van der Waals surface area (Å²) in [5.41, 5.74) is -0.0298. The number of ether oxygens (including phenoxy) is 2. The maximum absolute atomic E-state index is 10.1. The number of rotatable bonds is 4. The van der Waals surface area contributed by atoms with Crippen molar-refractivity contribution in [3.05, 3.63) is 23.8 Å². The fraction of sp³-hybridized carbons (Fsp3) is 0.600. The van der Waals surface area contributed by atoms with Crippen molar-refractivity contribution in [3.63, 3.8) is 0 Å². The van der Waals surface area contributed by atoms with Gasteiger partial charge >= 0.3 is 0 Å². The molecule has 0 aromatic heterocycles. The van der Waals surface area contributed by atoms with Crippen molar-refractivity contribution in [2.24, 2.45) is 0 Å². The van der Waals surface area contributed by atoms with E-state index in [2.05, 4.69) is 0 Å². The summed E-state index contributed by atoms with van der Waals surface area (Å²) in [5.74, 6) is 3.70. The third-order valence-electron chi connectivity index (χ3n) is 3.28. The second kappa shape index (κ2) is 6.06. The first-order chi connectivity index (χ1) is 9.00. The Morgan fingerprint density at radius 3 is 2.68 bits per heavy atom. The van der Waals surface area contributed by atoms with E-state index < -0.39 is 5.60 Å². The van der Waals surface area contributed by atoms with Gasteiger partial charge in [-0.2, -0.15) is 11.8 Å². The van der Waals surface area contributed by atoms with Gasteiger partial charge in [0.2, 0.25) is 0 Å². The summed E-state index contributed by atoms with van der Waals surface area (Å²) >= 11 is 1.93. The Morgan fingerprint density at radius 2 is 2.11 bits per heavy atom. The van der Waals surface area contributed by atoms with E-state index in [0.29, 0.717) is 0 Å². The maximum atomic E-state index is 10.1. The summed E-state index contributed by atoms with van der Waals surface area (Å²) in [6.07, 6.45) is 2.52. The molecule has 0 amide bonds. The average molecular weight is 282 g/mol. The molecule has 1 saturated heterocycles. The maximum Gasteiger partial charge on any atom is 0.161 e. The molecule has 0 radical (unpaired) electrons. The highest BCUT2D eigenvalue weighted by atomic mass is 32.2. The second-order valence-electron chi connectivity index (χ2n) is 5.38. The highest BCUT2D eigenvalue weighted by Crippen LogP contribution is 2.34. The first-order valence-electron chi connectivity index (χ1n) is 6.66. The predicted molar refractivity (Wildman–Crippen MR) is 79.2 cm³/mol. The van der Waals surface area contributed by atoms with Crippen LogP contribution in [0, 0.1) is 0 Å². The average Bonchev–Trinajstić information content (AvgIpc) is 2.39. The van der Waals surface area contributed by atoms with Crippen LogP contribution in [0.1, 0.15) is 32.3 Å². The number of hydrogen-bond acceptors (Lipinski definition) is 4. The first kappa shape index (κ1) is 14.5. The minimum atomic E-state index is -0.869. The van der Waals surface area contributed by atoms with Gasteiger partial charge in [-0.05, 0) is 50.1 Å². The van der Waals surface area contributed by atoms with Crippen molar-refractivity contribution in [2.45, 2.75) is 38.4 Å². The highest BCUT2D eigenvalue weighted by Gasteiger charge is 2.21. The van der Waals surface area contributed by atoms with Gasteiger partial charge in [-0.25, -0.2) is 0 Å². The van der Waals surface area contributed by atoms with E-state index in [4.69, 9.17) is 9.47 Å². The van der Waals surface area contributed by atoms with Crippen molar-refractivity contribution < 1.29 is 14.6 Å². The minimum absolute atomic E-state index is 0.240. The molecule has 0 spiro atoms. The molecule has 2 rings (SSSR count). The van der Waals surface area contributed by atoms with E-state index in [9.17, 15) is 5.11 Å². The molecule has 4 heteroatoms. The van der Waals surface area contributed by atoms with Crippen LogP contribution in [0.25, 0.3) is 0 Å². The smallest absolute Gasteiger partial charge is 0.161 e. The van der Waals surface area contributed by atoms with Crippen LogP contribution in [0.15, 0.2) is 18.2 Å². The quantitative estimate of drug-likeness (QED) is 0.920. The number of thioether (sulfide) groups is 1. The molecule has 3 nitrogen and oxygen atoms in total. The van der Waals surface area contributed by atoms with Crippen LogP contribution in [-0.2, 0) is 5.60 Å². The molecule has 1 unspecified atom stereocenters. The molecule has 106 valence electrons. The van der Waals surface area contributed by atoms with Gasteiger partial charge in [0.25, 0.3) is 0 Å². The molecule has 1 fully saturated rings. The molecule has 1 heterocycles. The van der Waals surface area contributed by atoms with Crippen LogP contribution < -0.4 is 9.47 Å². The van der Waals surface area contributed by atoms with Crippen molar-refractivity contribution in [3.8, 4) is 11.5 Å².